The molecule has 0 bridgehead atoms. The van der Waals surface area contributed by atoms with Gasteiger partial charge in [-0.05, 0) is 18.4 Å². The highest BCUT2D eigenvalue weighted by molar-refractivity contribution is 7.98. The monoisotopic (exact) mass is 227 g/mol. The molecule has 1 N–H and O–H groups in total. The number of aryl methyl sites for hydroxylation is 1. The Balaban J connectivity index is 2.47. The molecule has 0 fully saturated rings. The molecule has 3 nitrogen and oxygen atoms in total. The van der Waals surface area contributed by atoms with E-state index >= 15 is 0 Å². The van der Waals surface area contributed by atoms with Gasteiger partial charge in [-0.1, -0.05) is 11.8 Å². The Hall–Kier alpha value is -0.420. The van der Waals surface area contributed by atoms with Crippen LogP contribution in [0.15, 0.2) is 5.16 Å². The second-order valence-corrected chi connectivity index (χ2v) is 4.92. The minimum Gasteiger partial charge on any atom is -0.373 e. The largest absolute Gasteiger partial charge is 0.373 e. The lowest BCUT2D eigenvalue weighted by molar-refractivity contribution is 0.867. The first kappa shape index (κ1) is 10.1. The molecule has 0 unspecified atom stereocenters. The van der Waals surface area contributed by atoms with Crippen molar-refractivity contribution in [2.24, 2.45) is 0 Å². The standard InChI is InChI=1S/C9H13N3S2/c1-10-8-6-5-14-4-3-7(6)11-9(12-8)13-2/h3-5H2,1-2H3,(H,10,11,12). The molecule has 1 aliphatic heterocycles. The Kier molecular flexibility index (Phi) is 3.18. The van der Waals surface area contributed by atoms with Crippen molar-refractivity contribution in [2.45, 2.75) is 17.3 Å². The van der Waals surface area contributed by atoms with E-state index in [0.29, 0.717) is 0 Å². The lowest BCUT2D eigenvalue weighted by Gasteiger charge is -2.17. The van der Waals surface area contributed by atoms with Crippen molar-refractivity contribution in [3.05, 3.63) is 11.3 Å². The third-order valence-corrected chi connectivity index (χ3v) is 3.75. The lowest BCUT2D eigenvalue weighted by atomic mass is 10.2. The van der Waals surface area contributed by atoms with E-state index in [9.17, 15) is 0 Å². The van der Waals surface area contributed by atoms with Gasteiger partial charge in [-0.25, -0.2) is 9.97 Å². The van der Waals surface area contributed by atoms with E-state index < -0.39 is 0 Å². The zero-order chi connectivity index (χ0) is 9.97. The fourth-order valence-electron chi connectivity index (χ4n) is 1.51. The van der Waals surface area contributed by atoms with E-state index in [4.69, 9.17) is 0 Å². The van der Waals surface area contributed by atoms with Crippen LogP contribution in [0.1, 0.15) is 11.3 Å². The van der Waals surface area contributed by atoms with Crippen molar-refractivity contribution in [1.82, 2.24) is 9.97 Å². The average Bonchev–Trinajstić information content (AvgIpc) is 2.27. The smallest absolute Gasteiger partial charge is 0.189 e. The summed E-state index contributed by atoms with van der Waals surface area (Å²) in [6, 6.07) is 0. The summed E-state index contributed by atoms with van der Waals surface area (Å²) < 4.78 is 0. The molecular weight excluding hydrogens is 214 g/mol. The van der Waals surface area contributed by atoms with Gasteiger partial charge in [0.25, 0.3) is 0 Å². The maximum atomic E-state index is 4.54. The number of thioether (sulfide) groups is 2. The van der Waals surface area contributed by atoms with Crippen molar-refractivity contribution < 1.29 is 0 Å². The maximum absolute atomic E-state index is 4.54. The Bertz CT molecular complexity index is 324. The second kappa shape index (κ2) is 4.40. The van der Waals surface area contributed by atoms with Gasteiger partial charge >= 0.3 is 0 Å². The number of anilines is 1. The van der Waals surface area contributed by atoms with Crippen molar-refractivity contribution in [1.29, 1.82) is 0 Å². The number of aromatic nitrogens is 2. The molecule has 0 radical (unpaired) electrons. The topological polar surface area (TPSA) is 37.8 Å². The molecule has 0 spiro atoms. The number of hydrogen-bond acceptors (Lipinski definition) is 5. The summed E-state index contributed by atoms with van der Waals surface area (Å²) in [6.45, 7) is 0. The highest BCUT2D eigenvalue weighted by Gasteiger charge is 2.16. The van der Waals surface area contributed by atoms with Gasteiger partial charge in [0.1, 0.15) is 5.82 Å². The van der Waals surface area contributed by atoms with Gasteiger partial charge in [0.15, 0.2) is 5.16 Å². The second-order valence-electron chi connectivity index (χ2n) is 3.04. The van der Waals surface area contributed by atoms with Crippen LogP contribution in [0.2, 0.25) is 0 Å². The van der Waals surface area contributed by atoms with Crippen molar-refractivity contribution in [3.63, 3.8) is 0 Å². The van der Waals surface area contributed by atoms with Crippen LogP contribution >= 0.6 is 23.5 Å². The van der Waals surface area contributed by atoms with Crippen LogP contribution in [0.4, 0.5) is 5.82 Å². The molecule has 14 heavy (non-hydrogen) atoms. The summed E-state index contributed by atoms with van der Waals surface area (Å²) in [5.74, 6) is 3.23. The first-order valence-corrected chi connectivity index (χ1v) is 6.92. The molecule has 0 saturated carbocycles. The Labute approximate surface area is 92.5 Å². The van der Waals surface area contributed by atoms with Crippen LogP contribution < -0.4 is 5.32 Å². The van der Waals surface area contributed by atoms with Gasteiger partial charge < -0.3 is 5.32 Å². The van der Waals surface area contributed by atoms with E-state index in [1.54, 1.807) is 11.8 Å². The van der Waals surface area contributed by atoms with Crippen LogP contribution in [0.5, 0.6) is 0 Å². The number of rotatable bonds is 2. The fourth-order valence-corrected chi connectivity index (χ4v) is 2.88. The quantitative estimate of drug-likeness (QED) is 0.618. The number of nitrogens with zero attached hydrogens (tertiary/aromatic N) is 2. The van der Waals surface area contributed by atoms with Crippen molar-refractivity contribution >= 4 is 29.3 Å². The van der Waals surface area contributed by atoms with Gasteiger partial charge in [0.2, 0.25) is 0 Å². The fraction of sp³-hybridized carbons (Fsp3) is 0.556. The van der Waals surface area contributed by atoms with Crippen LogP contribution in [0, 0.1) is 0 Å². The molecule has 5 heteroatoms. The highest BCUT2D eigenvalue weighted by atomic mass is 32.2. The zero-order valence-corrected chi connectivity index (χ0v) is 9.97. The van der Waals surface area contributed by atoms with Crippen LogP contribution in [-0.4, -0.2) is 29.0 Å². The van der Waals surface area contributed by atoms with Crippen molar-refractivity contribution in [3.8, 4) is 0 Å². The summed E-state index contributed by atoms with van der Waals surface area (Å²) in [7, 11) is 1.92. The van der Waals surface area contributed by atoms with Crippen molar-refractivity contribution in [2.75, 3.05) is 24.4 Å². The molecule has 2 heterocycles. The van der Waals surface area contributed by atoms with Gasteiger partial charge in [-0.15, -0.1) is 0 Å². The SMILES string of the molecule is CNc1nc(SC)nc2c1CSCC2. The Morgan fingerprint density at radius 3 is 3.00 bits per heavy atom. The molecule has 0 aromatic carbocycles. The average molecular weight is 227 g/mol. The maximum Gasteiger partial charge on any atom is 0.189 e. The molecule has 1 aromatic heterocycles. The lowest BCUT2D eigenvalue weighted by Crippen LogP contribution is -2.11. The summed E-state index contributed by atoms with van der Waals surface area (Å²) in [4.78, 5) is 8.99. The number of nitrogens with one attached hydrogen (secondary N) is 1. The molecule has 1 aromatic rings. The first-order valence-electron chi connectivity index (χ1n) is 4.54. The number of fused-ring (bicyclic) bond motifs is 1. The van der Waals surface area contributed by atoms with E-state index in [1.165, 1.54) is 17.0 Å². The van der Waals surface area contributed by atoms with Gasteiger partial charge in [0.05, 0.1) is 5.69 Å². The zero-order valence-electron chi connectivity index (χ0n) is 8.33. The molecule has 1 aliphatic rings. The molecule has 0 saturated heterocycles. The first-order chi connectivity index (χ1) is 6.85. The summed E-state index contributed by atoms with van der Waals surface area (Å²) >= 11 is 3.56. The molecule has 0 atom stereocenters. The van der Waals surface area contributed by atoms with Gasteiger partial charge in [0, 0.05) is 18.4 Å². The minimum absolute atomic E-state index is 0.875. The van der Waals surface area contributed by atoms with Crippen LogP contribution in [0.3, 0.4) is 0 Å². The third-order valence-electron chi connectivity index (χ3n) is 2.22. The van der Waals surface area contributed by atoms with E-state index in [1.807, 2.05) is 25.1 Å². The van der Waals surface area contributed by atoms with Gasteiger partial charge in [-0.2, -0.15) is 11.8 Å². The predicted molar refractivity (Wildman–Crippen MR) is 63.2 cm³/mol. The molecular formula is C9H13N3S2. The molecule has 0 amide bonds. The summed E-state index contributed by atoms with van der Waals surface area (Å²) in [5.41, 5.74) is 2.52. The molecule has 0 aliphatic carbocycles. The Morgan fingerprint density at radius 1 is 1.43 bits per heavy atom. The third kappa shape index (κ3) is 1.83. The van der Waals surface area contributed by atoms with E-state index in [0.717, 1.165) is 23.1 Å². The Morgan fingerprint density at radius 2 is 2.29 bits per heavy atom. The summed E-state index contributed by atoms with van der Waals surface area (Å²) in [5, 5.41) is 4.03. The molecule has 2 rings (SSSR count). The summed E-state index contributed by atoms with van der Waals surface area (Å²) in [6.07, 6.45) is 3.09. The van der Waals surface area contributed by atoms with E-state index in [2.05, 4.69) is 15.3 Å². The molecule has 76 valence electrons. The normalized spacial score (nSPS) is 15.0. The highest BCUT2D eigenvalue weighted by Crippen LogP contribution is 2.29. The predicted octanol–water partition coefficient (Wildman–Crippen LogP) is 2.03. The van der Waals surface area contributed by atoms with Crippen LogP contribution in [-0.2, 0) is 12.2 Å². The van der Waals surface area contributed by atoms with Gasteiger partial charge in [-0.3, -0.25) is 0 Å². The number of hydrogen-bond donors (Lipinski definition) is 1. The van der Waals surface area contributed by atoms with E-state index in [-0.39, 0.29) is 0 Å². The minimum atomic E-state index is 0.875. The van der Waals surface area contributed by atoms with Crippen LogP contribution in [0.25, 0.3) is 0 Å².